The average molecular weight is 826 g/mol. The lowest BCUT2D eigenvalue weighted by Crippen LogP contribution is -2.12. The van der Waals surface area contributed by atoms with Crippen molar-refractivity contribution in [3.8, 4) is 50.8 Å². The molecule has 0 saturated heterocycles. The number of hydrogen-bond donors (Lipinski definition) is 0. The Labute approximate surface area is 351 Å². The number of alkyl halides is 6. The van der Waals surface area contributed by atoms with Crippen LogP contribution in [0.3, 0.4) is 0 Å². The molecule has 0 saturated carbocycles. The van der Waals surface area contributed by atoms with Crippen LogP contribution in [0.2, 0.25) is 0 Å². The summed E-state index contributed by atoms with van der Waals surface area (Å²) in [7, 11) is 0. The fourth-order valence-electron chi connectivity index (χ4n) is 8.75. The summed E-state index contributed by atoms with van der Waals surface area (Å²) < 4.78 is 91.0. The number of fused-ring (bicyclic) bond motifs is 6. The molecule has 0 N–H and O–H groups in total. The van der Waals surface area contributed by atoms with E-state index in [2.05, 4.69) is 6.07 Å². The summed E-state index contributed by atoms with van der Waals surface area (Å²) in [6.07, 6.45) is -10.2. The molecule has 0 aliphatic rings. The third-order valence-electron chi connectivity index (χ3n) is 11.8. The van der Waals surface area contributed by atoms with Gasteiger partial charge in [-0.2, -0.15) is 31.6 Å². The van der Waals surface area contributed by atoms with E-state index in [1.165, 1.54) is 12.1 Å². The van der Waals surface area contributed by atoms with Gasteiger partial charge in [-0.05, 0) is 95.8 Å². The summed E-state index contributed by atoms with van der Waals surface area (Å²) >= 11 is 0. The maximum absolute atomic E-state index is 15.1. The first-order chi connectivity index (χ1) is 29.8. The number of nitriles is 1. The topological polar surface area (TPSA) is 33.6 Å². The Kier molecular flexibility index (Phi) is 8.89. The summed E-state index contributed by atoms with van der Waals surface area (Å²) in [5.74, 6) is 0. The lowest BCUT2D eigenvalue weighted by Gasteiger charge is -2.21. The highest BCUT2D eigenvalue weighted by Crippen LogP contribution is 2.45. The number of halogens is 6. The second kappa shape index (κ2) is 14.3. The molecule has 8 aromatic carbocycles. The van der Waals surface area contributed by atoms with Gasteiger partial charge >= 0.3 is 12.4 Å². The van der Waals surface area contributed by atoms with Crippen molar-refractivity contribution in [3.05, 3.63) is 192 Å². The van der Waals surface area contributed by atoms with E-state index in [0.717, 1.165) is 61.0 Å². The van der Waals surface area contributed by atoms with Gasteiger partial charge in [-0.25, -0.2) is 0 Å². The van der Waals surface area contributed by atoms with E-state index in [-0.39, 0.29) is 28.6 Å². The Hall–Kier alpha value is -7.57. The van der Waals surface area contributed by atoms with Gasteiger partial charge in [0.2, 0.25) is 0 Å². The summed E-state index contributed by atoms with van der Waals surface area (Å²) in [5, 5.41) is 14.8. The number of rotatable bonds is 5. The Morgan fingerprint density at radius 3 is 1.29 bits per heavy atom. The van der Waals surface area contributed by atoms with Gasteiger partial charge in [-0.1, -0.05) is 126 Å². The molecular weight excluding hydrogens is 793 g/mol. The van der Waals surface area contributed by atoms with Crippen molar-refractivity contribution in [2.45, 2.75) is 26.2 Å². The Morgan fingerprint density at radius 2 is 0.855 bits per heavy atom. The van der Waals surface area contributed by atoms with Crippen LogP contribution < -0.4 is 0 Å². The number of aromatic nitrogens is 2. The van der Waals surface area contributed by atoms with Crippen LogP contribution in [0.4, 0.5) is 26.3 Å². The molecule has 0 amide bonds. The highest BCUT2D eigenvalue weighted by atomic mass is 19.4. The van der Waals surface area contributed by atoms with E-state index >= 15 is 13.2 Å². The molecule has 9 heteroatoms. The van der Waals surface area contributed by atoms with Gasteiger partial charge in [-0.3, -0.25) is 0 Å². The van der Waals surface area contributed by atoms with E-state index in [1.807, 2.05) is 156 Å². The van der Waals surface area contributed by atoms with Gasteiger partial charge in [0, 0.05) is 21.5 Å². The van der Waals surface area contributed by atoms with Crippen LogP contribution in [-0.4, -0.2) is 9.13 Å². The first kappa shape index (κ1) is 38.6. The highest BCUT2D eigenvalue weighted by molar-refractivity contribution is 6.12. The van der Waals surface area contributed by atoms with Gasteiger partial charge in [0.1, 0.15) is 11.6 Å². The minimum atomic E-state index is -5.16. The predicted molar refractivity (Wildman–Crippen MR) is 236 cm³/mol. The number of para-hydroxylation sites is 2. The predicted octanol–water partition coefficient (Wildman–Crippen LogP) is 15.4. The molecule has 0 atom stereocenters. The molecule has 10 aromatic rings. The molecule has 0 aliphatic carbocycles. The van der Waals surface area contributed by atoms with Crippen molar-refractivity contribution in [2.75, 3.05) is 0 Å². The Bertz CT molecular complexity index is 3270. The molecule has 2 heterocycles. The molecular formula is C53H33F6N3. The second-order valence-electron chi connectivity index (χ2n) is 15.7. The van der Waals surface area contributed by atoms with E-state index in [0.29, 0.717) is 28.1 Å². The average Bonchev–Trinajstić information content (AvgIpc) is 3.77. The SMILES string of the molecule is Cc1ccc(-c2ccc3c4ccccc4n(-c4cc(-c5ccc(C(F)(F)F)cc5C(F)(F)F)cc(-n5c6ccccc6c6ccc(-c7ccc(C)cc7)cc65)c4C#N)c3c2)cc1. The fourth-order valence-corrected chi connectivity index (χ4v) is 8.75. The van der Waals surface area contributed by atoms with Crippen LogP contribution in [0.25, 0.3) is 88.4 Å². The third-order valence-corrected chi connectivity index (χ3v) is 11.8. The maximum atomic E-state index is 15.1. The number of hydrogen-bond acceptors (Lipinski definition) is 1. The molecule has 3 nitrogen and oxygen atoms in total. The Morgan fingerprint density at radius 1 is 0.419 bits per heavy atom. The Balaban J connectivity index is 1.36. The van der Waals surface area contributed by atoms with Gasteiger partial charge in [0.15, 0.2) is 0 Å². The van der Waals surface area contributed by atoms with Crippen LogP contribution >= 0.6 is 0 Å². The molecule has 0 aliphatic heterocycles. The van der Waals surface area contributed by atoms with Gasteiger partial charge in [0.05, 0.1) is 44.6 Å². The highest BCUT2D eigenvalue weighted by Gasteiger charge is 2.39. The van der Waals surface area contributed by atoms with Crippen molar-refractivity contribution in [1.29, 1.82) is 5.26 Å². The van der Waals surface area contributed by atoms with Gasteiger partial charge in [0.25, 0.3) is 0 Å². The monoisotopic (exact) mass is 825 g/mol. The first-order valence-electron chi connectivity index (χ1n) is 19.9. The van der Waals surface area contributed by atoms with E-state index in [4.69, 9.17) is 0 Å². The molecule has 0 radical (unpaired) electrons. The summed E-state index contributed by atoms with van der Waals surface area (Å²) in [5.41, 5.74) is 5.93. The summed E-state index contributed by atoms with van der Waals surface area (Å²) in [6, 6.07) is 50.5. The van der Waals surface area contributed by atoms with E-state index in [1.54, 1.807) is 0 Å². The second-order valence-corrected chi connectivity index (χ2v) is 15.7. The van der Waals surface area contributed by atoms with Crippen molar-refractivity contribution in [2.24, 2.45) is 0 Å². The van der Waals surface area contributed by atoms with Crippen molar-refractivity contribution < 1.29 is 26.3 Å². The molecule has 302 valence electrons. The zero-order valence-electron chi connectivity index (χ0n) is 33.2. The third kappa shape index (κ3) is 6.38. The molecule has 0 fully saturated rings. The first-order valence-corrected chi connectivity index (χ1v) is 19.9. The smallest absolute Gasteiger partial charge is 0.308 e. The maximum Gasteiger partial charge on any atom is 0.417 e. The largest absolute Gasteiger partial charge is 0.417 e. The standard InChI is InChI=1S/C53H33F6N3/c1-31-11-15-33(16-12-31)35-19-22-42-40-7-3-5-9-46(40)61(48(42)25-35)50-27-37(39-24-21-38(52(54,55)56)29-45(39)53(57,58)59)28-51(44(50)30-60)62-47-10-6-4-8-41(47)43-23-20-36(26-49(43)62)34-17-13-32(2)14-18-34/h3-29H,1-2H3. The van der Waals surface area contributed by atoms with Crippen LogP contribution in [-0.2, 0) is 12.4 Å². The molecule has 0 bridgehead atoms. The quantitative estimate of drug-likeness (QED) is 0.159. The van der Waals surface area contributed by atoms with Crippen LogP contribution in [0.15, 0.2) is 164 Å². The van der Waals surface area contributed by atoms with Crippen LogP contribution in [0.1, 0.15) is 27.8 Å². The summed E-state index contributed by atoms with van der Waals surface area (Å²) in [4.78, 5) is 0. The number of benzene rings is 8. The van der Waals surface area contributed by atoms with Crippen molar-refractivity contribution in [3.63, 3.8) is 0 Å². The van der Waals surface area contributed by atoms with E-state index < -0.39 is 29.0 Å². The molecule has 62 heavy (non-hydrogen) atoms. The van der Waals surface area contributed by atoms with Crippen LogP contribution in [0, 0.1) is 25.2 Å². The number of aryl methyl sites for hydroxylation is 2. The lowest BCUT2D eigenvalue weighted by molar-refractivity contribution is -0.142. The zero-order valence-corrected chi connectivity index (χ0v) is 33.2. The van der Waals surface area contributed by atoms with Crippen molar-refractivity contribution in [1.82, 2.24) is 9.13 Å². The van der Waals surface area contributed by atoms with Gasteiger partial charge < -0.3 is 9.13 Å². The fraction of sp³-hybridized carbons (Fsp3) is 0.0755. The lowest BCUT2D eigenvalue weighted by atomic mass is 9.94. The normalized spacial score (nSPS) is 12.2. The minimum absolute atomic E-state index is 0.0173. The minimum Gasteiger partial charge on any atom is -0.308 e. The van der Waals surface area contributed by atoms with E-state index in [9.17, 15) is 18.4 Å². The van der Waals surface area contributed by atoms with Crippen LogP contribution in [0.5, 0.6) is 0 Å². The molecule has 0 spiro atoms. The molecule has 0 unspecified atom stereocenters. The number of nitrogens with zero attached hydrogens (tertiary/aromatic N) is 3. The van der Waals surface area contributed by atoms with Crippen molar-refractivity contribution >= 4 is 43.6 Å². The molecule has 10 rings (SSSR count). The van der Waals surface area contributed by atoms with Gasteiger partial charge in [-0.15, -0.1) is 0 Å². The molecule has 2 aromatic heterocycles. The summed E-state index contributed by atoms with van der Waals surface area (Å²) in [6.45, 7) is 4.00. The zero-order chi connectivity index (χ0) is 43.1.